The maximum Gasteiger partial charge on any atom is 0.339 e. The van der Waals surface area contributed by atoms with Crippen LogP contribution in [0.25, 0.3) is 0 Å². The van der Waals surface area contributed by atoms with Gasteiger partial charge in [0.25, 0.3) is 0 Å². The number of carbonyl (C=O) groups is 1. The van der Waals surface area contributed by atoms with Crippen LogP contribution in [-0.4, -0.2) is 11.1 Å². The van der Waals surface area contributed by atoms with Crippen LogP contribution in [0.15, 0.2) is 42.5 Å². The fourth-order valence-corrected chi connectivity index (χ4v) is 2.08. The van der Waals surface area contributed by atoms with Crippen molar-refractivity contribution >= 4 is 17.6 Å². The fraction of sp³-hybridized carbons (Fsp3) is 0.235. The molecule has 0 bridgehead atoms. The van der Waals surface area contributed by atoms with Crippen LogP contribution in [-0.2, 0) is 5.41 Å². The van der Waals surface area contributed by atoms with Crippen molar-refractivity contribution in [3.8, 4) is 11.5 Å². The Kier molecular flexibility index (Phi) is 4.24. The first-order valence-electron chi connectivity index (χ1n) is 6.58. The van der Waals surface area contributed by atoms with Crippen molar-refractivity contribution in [3.05, 3.63) is 58.6 Å². The molecule has 0 aliphatic heterocycles. The average Bonchev–Trinajstić information content (AvgIpc) is 2.40. The van der Waals surface area contributed by atoms with Gasteiger partial charge in [-0.2, -0.15) is 0 Å². The van der Waals surface area contributed by atoms with Crippen molar-refractivity contribution in [2.24, 2.45) is 0 Å². The highest BCUT2D eigenvalue weighted by molar-refractivity contribution is 6.31. The van der Waals surface area contributed by atoms with Crippen molar-refractivity contribution < 1.29 is 14.6 Å². The molecule has 0 aliphatic carbocycles. The zero-order chi connectivity index (χ0) is 15.6. The van der Waals surface area contributed by atoms with Gasteiger partial charge >= 0.3 is 5.97 Å². The van der Waals surface area contributed by atoms with E-state index in [2.05, 4.69) is 20.8 Å². The van der Waals surface area contributed by atoms with E-state index in [1.54, 1.807) is 12.1 Å². The minimum absolute atomic E-state index is 0.0439. The smallest absolute Gasteiger partial charge is 0.339 e. The molecule has 0 atom stereocenters. The summed E-state index contributed by atoms with van der Waals surface area (Å²) in [6.07, 6.45) is 0. The van der Waals surface area contributed by atoms with Crippen LogP contribution in [0.4, 0.5) is 0 Å². The first kappa shape index (κ1) is 15.4. The molecule has 21 heavy (non-hydrogen) atoms. The molecule has 0 unspecified atom stereocenters. The number of hydrogen-bond acceptors (Lipinski definition) is 2. The highest BCUT2D eigenvalue weighted by atomic mass is 35.5. The molecule has 0 saturated carbocycles. The highest BCUT2D eigenvalue weighted by Crippen LogP contribution is 2.30. The third-order valence-corrected chi connectivity index (χ3v) is 3.36. The van der Waals surface area contributed by atoms with Gasteiger partial charge in [-0.05, 0) is 41.3 Å². The average molecular weight is 305 g/mol. The van der Waals surface area contributed by atoms with Crippen molar-refractivity contribution in [2.45, 2.75) is 26.2 Å². The summed E-state index contributed by atoms with van der Waals surface area (Å²) in [5.74, 6) is -0.206. The van der Waals surface area contributed by atoms with E-state index in [-0.39, 0.29) is 16.7 Å². The lowest BCUT2D eigenvalue weighted by Gasteiger charge is -2.19. The number of aromatic carboxylic acids is 1. The molecule has 0 heterocycles. The molecule has 0 spiro atoms. The molecule has 2 rings (SSSR count). The van der Waals surface area contributed by atoms with E-state index in [4.69, 9.17) is 16.3 Å². The second-order valence-electron chi connectivity index (χ2n) is 5.82. The van der Waals surface area contributed by atoms with Crippen LogP contribution in [0.1, 0.15) is 36.7 Å². The van der Waals surface area contributed by atoms with Crippen LogP contribution in [0.5, 0.6) is 11.5 Å². The Morgan fingerprint density at radius 3 is 2.24 bits per heavy atom. The molecule has 2 aromatic rings. The monoisotopic (exact) mass is 304 g/mol. The van der Waals surface area contributed by atoms with E-state index in [1.807, 2.05) is 24.3 Å². The summed E-state index contributed by atoms with van der Waals surface area (Å²) >= 11 is 5.82. The number of carboxylic acids is 1. The molecule has 0 amide bonds. The molecule has 0 fully saturated rings. The minimum Gasteiger partial charge on any atom is -0.478 e. The Hall–Kier alpha value is -2.00. The van der Waals surface area contributed by atoms with Gasteiger partial charge in [0, 0.05) is 5.02 Å². The first-order chi connectivity index (χ1) is 9.77. The largest absolute Gasteiger partial charge is 0.478 e. The summed E-state index contributed by atoms with van der Waals surface area (Å²) in [6, 6.07) is 12.2. The predicted octanol–water partition coefficient (Wildman–Crippen LogP) is 5.13. The number of carboxylic acid groups (broad SMARTS) is 1. The van der Waals surface area contributed by atoms with E-state index in [1.165, 1.54) is 11.6 Å². The Morgan fingerprint density at radius 1 is 1.10 bits per heavy atom. The second-order valence-corrected chi connectivity index (χ2v) is 6.26. The van der Waals surface area contributed by atoms with Crippen LogP contribution < -0.4 is 4.74 Å². The van der Waals surface area contributed by atoms with E-state index < -0.39 is 5.97 Å². The van der Waals surface area contributed by atoms with Gasteiger partial charge in [0.1, 0.15) is 17.1 Å². The van der Waals surface area contributed by atoms with Gasteiger partial charge < -0.3 is 9.84 Å². The van der Waals surface area contributed by atoms with Gasteiger partial charge in [-0.25, -0.2) is 4.79 Å². The molecule has 0 aliphatic rings. The van der Waals surface area contributed by atoms with Gasteiger partial charge in [-0.1, -0.05) is 44.5 Å². The molecule has 0 saturated heterocycles. The van der Waals surface area contributed by atoms with Gasteiger partial charge in [0.05, 0.1) is 0 Å². The lowest BCUT2D eigenvalue weighted by Crippen LogP contribution is -2.10. The molecular formula is C17H17ClO3. The fourth-order valence-electron chi connectivity index (χ4n) is 1.91. The molecule has 0 aromatic heterocycles. The van der Waals surface area contributed by atoms with Crippen molar-refractivity contribution in [3.63, 3.8) is 0 Å². The topological polar surface area (TPSA) is 46.5 Å². The van der Waals surface area contributed by atoms with E-state index >= 15 is 0 Å². The highest BCUT2D eigenvalue weighted by Gasteiger charge is 2.15. The zero-order valence-corrected chi connectivity index (χ0v) is 12.9. The van der Waals surface area contributed by atoms with Crippen LogP contribution in [0, 0.1) is 0 Å². The van der Waals surface area contributed by atoms with Gasteiger partial charge in [0.15, 0.2) is 0 Å². The molecule has 3 nitrogen and oxygen atoms in total. The van der Waals surface area contributed by atoms with Crippen LogP contribution in [0.2, 0.25) is 5.02 Å². The Morgan fingerprint density at radius 2 is 1.71 bits per heavy atom. The van der Waals surface area contributed by atoms with Crippen molar-refractivity contribution in [1.29, 1.82) is 0 Å². The molecule has 1 N–H and O–H groups in total. The van der Waals surface area contributed by atoms with Crippen LogP contribution in [0.3, 0.4) is 0 Å². The third kappa shape index (κ3) is 3.76. The van der Waals surface area contributed by atoms with E-state index in [9.17, 15) is 9.90 Å². The maximum absolute atomic E-state index is 11.2. The summed E-state index contributed by atoms with van der Waals surface area (Å²) in [5.41, 5.74) is 1.29. The molecule has 4 heteroatoms. The predicted molar refractivity (Wildman–Crippen MR) is 83.6 cm³/mol. The number of rotatable bonds is 3. The van der Waals surface area contributed by atoms with Crippen molar-refractivity contribution in [1.82, 2.24) is 0 Å². The molecule has 2 aromatic carbocycles. The maximum atomic E-state index is 11.2. The minimum atomic E-state index is -1.07. The number of benzene rings is 2. The standard InChI is InChI=1S/C17H17ClO3/c1-17(2,3)11-4-7-13(8-5-11)21-15-9-6-12(18)10-14(15)16(19)20/h4-10H,1-3H3,(H,19,20). The van der Waals surface area contributed by atoms with Crippen LogP contribution >= 0.6 is 11.6 Å². The van der Waals surface area contributed by atoms with E-state index in [0.29, 0.717) is 10.8 Å². The summed E-state index contributed by atoms with van der Waals surface area (Å²) in [4.78, 5) is 11.2. The molecule has 110 valence electrons. The molecular weight excluding hydrogens is 288 g/mol. The lowest BCUT2D eigenvalue weighted by atomic mass is 9.87. The van der Waals surface area contributed by atoms with Gasteiger partial charge in [0.2, 0.25) is 0 Å². The summed E-state index contributed by atoms with van der Waals surface area (Å²) in [5, 5.41) is 9.54. The Labute approximate surface area is 129 Å². The van der Waals surface area contributed by atoms with Crippen molar-refractivity contribution in [2.75, 3.05) is 0 Å². The van der Waals surface area contributed by atoms with Gasteiger partial charge in [-0.15, -0.1) is 0 Å². The Bertz CT molecular complexity index is 655. The first-order valence-corrected chi connectivity index (χ1v) is 6.96. The quantitative estimate of drug-likeness (QED) is 0.855. The number of hydrogen-bond donors (Lipinski definition) is 1. The third-order valence-electron chi connectivity index (χ3n) is 3.12. The zero-order valence-electron chi connectivity index (χ0n) is 12.2. The van der Waals surface area contributed by atoms with Gasteiger partial charge in [-0.3, -0.25) is 0 Å². The molecule has 0 radical (unpaired) electrons. The summed E-state index contributed by atoms with van der Waals surface area (Å²) < 4.78 is 5.65. The SMILES string of the molecule is CC(C)(C)c1ccc(Oc2ccc(Cl)cc2C(=O)O)cc1. The number of halogens is 1. The summed E-state index contributed by atoms with van der Waals surface area (Å²) in [6.45, 7) is 6.39. The normalized spacial score (nSPS) is 11.2. The Balaban J connectivity index is 2.28. The second kappa shape index (κ2) is 5.78. The lowest BCUT2D eigenvalue weighted by molar-refractivity contribution is 0.0694. The van der Waals surface area contributed by atoms with E-state index in [0.717, 1.165) is 0 Å². The summed E-state index contributed by atoms with van der Waals surface area (Å²) in [7, 11) is 0. The number of ether oxygens (including phenoxy) is 1.